The Balaban J connectivity index is 1.99. The molecule has 2 heterocycles. The topological polar surface area (TPSA) is 68.2 Å². The summed E-state index contributed by atoms with van der Waals surface area (Å²) in [6.45, 7) is 9.11. The molecular weight excluding hydrogens is 322 g/mol. The normalized spacial score (nSPS) is 30.6. The lowest BCUT2D eigenvalue weighted by Gasteiger charge is -2.54. The molecule has 134 valence electrons. The molecule has 1 aromatic rings. The second-order valence-electron chi connectivity index (χ2n) is 6.75. The summed E-state index contributed by atoms with van der Waals surface area (Å²) < 4.78 is 16.7. The van der Waals surface area contributed by atoms with Crippen LogP contribution in [-0.2, 0) is 14.3 Å². The molecule has 2 aliphatic heterocycles. The van der Waals surface area contributed by atoms with Gasteiger partial charge in [0.1, 0.15) is 17.9 Å². The lowest BCUT2D eigenvalue weighted by atomic mass is 9.74. The van der Waals surface area contributed by atoms with E-state index in [9.17, 15) is 9.90 Å². The second kappa shape index (κ2) is 6.00. The smallest absolute Gasteiger partial charge is 0.266 e. The monoisotopic (exact) mass is 345 g/mol. The molecule has 2 aliphatic rings. The first-order valence-corrected chi connectivity index (χ1v) is 8.13. The van der Waals surface area contributed by atoms with E-state index in [1.165, 1.54) is 4.90 Å². The highest BCUT2D eigenvalue weighted by molar-refractivity contribution is 6.10. The van der Waals surface area contributed by atoms with E-state index in [0.29, 0.717) is 17.0 Å². The molecule has 0 aromatic heterocycles. The number of carbonyl (C=O) groups excluding carboxylic acids is 1. The Labute approximate surface area is 147 Å². The van der Waals surface area contributed by atoms with Crippen LogP contribution >= 0.6 is 0 Å². The van der Waals surface area contributed by atoms with Gasteiger partial charge in [-0.3, -0.25) is 9.69 Å². The van der Waals surface area contributed by atoms with Crippen LogP contribution < -0.4 is 9.64 Å². The number of β-lactam (4-membered cyclic amide) rings is 1. The van der Waals surface area contributed by atoms with Crippen LogP contribution in [0.2, 0.25) is 0 Å². The van der Waals surface area contributed by atoms with Crippen molar-refractivity contribution in [2.45, 2.75) is 44.3 Å². The minimum atomic E-state index is -1.70. The van der Waals surface area contributed by atoms with Crippen molar-refractivity contribution in [3.05, 3.63) is 42.1 Å². The van der Waals surface area contributed by atoms with Crippen LogP contribution in [0.3, 0.4) is 0 Å². The first-order valence-electron chi connectivity index (χ1n) is 8.13. The standard InChI is InChI=1S/C19H23NO5/c1-6-12(2)19(22)16(15-11-24-18(3,4)25-15)20(17(19)21)13-7-9-14(23-5)10-8-13/h7-10,15-16,22H,1,11H2,2-5H3/t15-,16+,19-/m1/s1. The quantitative estimate of drug-likeness (QED) is 0.668. The number of anilines is 1. The lowest BCUT2D eigenvalue weighted by Crippen LogP contribution is -2.78. The molecule has 6 heteroatoms. The summed E-state index contributed by atoms with van der Waals surface area (Å²) in [7, 11) is 1.58. The van der Waals surface area contributed by atoms with Crippen molar-refractivity contribution in [2.75, 3.05) is 18.6 Å². The van der Waals surface area contributed by atoms with Gasteiger partial charge in [-0.05, 0) is 45.0 Å². The average molecular weight is 345 g/mol. The van der Waals surface area contributed by atoms with E-state index in [0.717, 1.165) is 0 Å². The molecule has 0 spiro atoms. The molecule has 3 rings (SSSR count). The van der Waals surface area contributed by atoms with Gasteiger partial charge in [-0.15, -0.1) is 5.73 Å². The maximum Gasteiger partial charge on any atom is 0.266 e. The van der Waals surface area contributed by atoms with E-state index in [2.05, 4.69) is 12.3 Å². The summed E-state index contributed by atoms with van der Waals surface area (Å²) in [5.74, 6) is -0.501. The number of carbonyl (C=O) groups is 1. The number of hydrogen-bond acceptors (Lipinski definition) is 5. The molecule has 1 amide bonds. The van der Waals surface area contributed by atoms with Gasteiger partial charge >= 0.3 is 0 Å². The summed E-state index contributed by atoms with van der Waals surface area (Å²) in [6, 6.07) is 6.46. The Morgan fingerprint density at radius 3 is 2.52 bits per heavy atom. The summed E-state index contributed by atoms with van der Waals surface area (Å²) in [4.78, 5) is 14.4. The summed E-state index contributed by atoms with van der Waals surface area (Å²) in [5.41, 5.74) is 1.99. The highest BCUT2D eigenvalue weighted by Crippen LogP contribution is 2.45. The molecule has 0 aliphatic carbocycles. The minimum Gasteiger partial charge on any atom is -0.497 e. The van der Waals surface area contributed by atoms with Gasteiger partial charge in [0.05, 0.1) is 13.7 Å². The molecule has 1 aromatic carbocycles. The third kappa shape index (κ3) is 2.68. The fourth-order valence-electron chi connectivity index (χ4n) is 3.40. The Bertz CT molecular complexity index is 735. The number of rotatable bonds is 4. The zero-order valence-electron chi connectivity index (χ0n) is 14.9. The lowest BCUT2D eigenvalue weighted by molar-refractivity contribution is -0.168. The van der Waals surface area contributed by atoms with Gasteiger partial charge in [0.15, 0.2) is 11.4 Å². The van der Waals surface area contributed by atoms with E-state index in [-0.39, 0.29) is 6.61 Å². The van der Waals surface area contributed by atoms with E-state index in [1.54, 1.807) is 52.1 Å². The molecule has 3 atom stereocenters. The Morgan fingerprint density at radius 1 is 1.40 bits per heavy atom. The van der Waals surface area contributed by atoms with Crippen LogP contribution in [-0.4, -0.2) is 48.3 Å². The Hall–Kier alpha value is -2.11. The van der Waals surface area contributed by atoms with Gasteiger partial charge in [-0.25, -0.2) is 0 Å². The van der Waals surface area contributed by atoms with Crippen molar-refractivity contribution in [3.8, 4) is 5.75 Å². The van der Waals surface area contributed by atoms with Crippen LogP contribution in [0.4, 0.5) is 5.69 Å². The Kier molecular flexibility index (Phi) is 4.25. The number of nitrogens with zero attached hydrogens (tertiary/aromatic N) is 1. The molecule has 0 unspecified atom stereocenters. The number of aliphatic hydroxyl groups is 1. The zero-order valence-corrected chi connectivity index (χ0v) is 14.9. The SMILES string of the molecule is C=C=C(C)[C@]1(O)C(=O)N(c2ccc(OC)cc2)[C@H]1[C@H]1COC(C)(C)O1. The van der Waals surface area contributed by atoms with Gasteiger partial charge in [0, 0.05) is 11.3 Å². The third-order valence-electron chi connectivity index (χ3n) is 4.82. The van der Waals surface area contributed by atoms with Crippen LogP contribution in [0.1, 0.15) is 20.8 Å². The number of methoxy groups -OCH3 is 1. The van der Waals surface area contributed by atoms with Crippen molar-refractivity contribution in [1.82, 2.24) is 0 Å². The second-order valence-corrected chi connectivity index (χ2v) is 6.75. The molecule has 0 radical (unpaired) electrons. The highest BCUT2D eigenvalue weighted by atomic mass is 16.7. The number of benzene rings is 1. The predicted octanol–water partition coefficient (Wildman–Crippen LogP) is 2.02. The molecule has 1 N–H and O–H groups in total. The molecular formula is C19H23NO5. The van der Waals surface area contributed by atoms with E-state index in [4.69, 9.17) is 14.2 Å². The average Bonchev–Trinajstić information content (AvgIpc) is 2.96. The fraction of sp³-hybridized carbons (Fsp3) is 0.474. The van der Waals surface area contributed by atoms with Crippen molar-refractivity contribution in [1.29, 1.82) is 0 Å². The van der Waals surface area contributed by atoms with E-state index < -0.39 is 29.4 Å². The Morgan fingerprint density at radius 2 is 2.04 bits per heavy atom. The maximum absolute atomic E-state index is 12.8. The van der Waals surface area contributed by atoms with Crippen LogP contribution in [0.15, 0.2) is 42.1 Å². The third-order valence-corrected chi connectivity index (χ3v) is 4.82. The molecule has 0 bridgehead atoms. The van der Waals surface area contributed by atoms with Crippen LogP contribution in [0, 0.1) is 0 Å². The molecule has 6 nitrogen and oxygen atoms in total. The van der Waals surface area contributed by atoms with E-state index in [1.807, 2.05) is 0 Å². The van der Waals surface area contributed by atoms with E-state index >= 15 is 0 Å². The largest absolute Gasteiger partial charge is 0.497 e. The fourth-order valence-corrected chi connectivity index (χ4v) is 3.40. The molecule has 2 saturated heterocycles. The first-order chi connectivity index (χ1) is 11.7. The van der Waals surface area contributed by atoms with Crippen molar-refractivity contribution in [2.24, 2.45) is 0 Å². The minimum absolute atomic E-state index is 0.282. The van der Waals surface area contributed by atoms with Gasteiger partial charge in [-0.1, -0.05) is 6.58 Å². The predicted molar refractivity (Wildman–Crippen MR) is 92.4 cm³/mol. The molecule has 25 heavy (non-hydrogen) atoms. The first kappa shape index (κ1) is 17.7. The van der Waals surface area contributed by atoms with Gasteiger partial charge in [0.2, 0.25) is 0 Å². The zero-order chi connectivity index (χ0) is 18.4. The number of amides is 1. The van der Waals surface area contributed by atoms with Gasteiger partial charge < -0.3 is 19.3 Å². The van der Waals surface area contributed by atoms with Crippen LogP contribution in [0.25, 0.3) is 0 Å². The molecule has 0 saturated carbocycles. The summed E-state index contributed by atoms with van der Waals surface area (Å²) in [6.07, 6.45) is -0.469. The number of hydrogen-bond donors (Lipinski definition) is 1. The van der Waals surface area contributed by atoms with Crippen LogP contribution in [0.5, 0.6) is 5.75 Å². The highest BCUT2D eigenvalue weighted by Gasteiger charge is 2.66. The van der Waals surface area contributed by atoms with Crippen molar-refractivity contribution < 1.29 is 24.1 Å². The molecule has 2 fully saturated rings. The van der Waals surface area contributed by atoms with Crippen molar-refractivity contribution >= 4 is 11.6 Å². The summed E-state index contributed by atoms with van der Waals surface area (Å²) in [5, 5.41) is 11.1. The number of ether oxygens (including phenoxy) is 3. The summed E-state index contributed by atoms with van der Waals surface area (Å²) >= 11 is 0. The van der Waals surface area contributed by atoms with Gasteiger partial charge in [-0.2, -0.15) is 0 Å². The maximum atomic E-state index is 12.8. The van der Waals surface area contributed by atoms with Crippen molar-refractivity contribution in [3.63, 3.8) is 0 Å². The van der Waals surface area contributed by atoms with Gasteiger partial charge in [0.25, 0.3) is 5.91 Å².